The lowest BCUT2D eigenvalue weighted by Gasteiger charge is -2.35. The van der Waals surface area contributed by atoms with E-state index in [2.05, 4.69) is 0 Å². The van der Waals surface area contributed by atoms with Crippen LogP contribution in [-0.2, 0) is 29.1 Å². The molecule has 3 aromatic carbocycles. The third kappa shape index (κ3) is 8.00. The van der Waals surface area contributed by atoms with Crippen molar-refractivity contribution < 1.29 is 30.0 Å². The third-order valence-corrected chi connectivity index (χ3v) is 5.88. The van der Waals surface area contributed by atoms with Crippen molar-refractivity contribution in [1.82, 2.24) is 9.80 Å². The third-order valence-electron chi connectivity index (χ3n) is 5.88. The highest BCUT2D eigenvalue weighted by Crippen LogP contribution is 2.23. The molecule has 0 aliphatic carbocycles. The van der Waals surface area contributed by atoms with Crippen LogP contribution >= 0.6 is 0 Å². The maximum Gasteiger partial charge on any atom is 0.317 e. The molecule has 0 amide bonds. The number of hydrogen-bond donors (Lipinski definition) is 5. The van der Waals surface area contributed by atoms with Gasteiger partial charge in [-0.3, -0.25) is 19.4 Å². The number of para-hydroxylation sites is 2. The average Bonchev–Trinajstić information content (AvgIpc) is 2.82. The first kappa shape index (κ1) is 26.5. The molecule has 0 bridgehead atoms. The number of carboxylic acid groups (broad SMARTS) is 2. The number of nitrogens with two attached hydrogens (primary N) is 1. The molecule has 9 nitrogen and oxygen atoms in total. The van der Waals surface area contributed by atoms with Gasteiger partial charge < -0.3 is 26.2 Å². The van der Waals surface area contributed by atoms with E-state index in [1.165, 1.54) is 12.1 Å². The topological polar surface area (TPSA) is 148 Å². The minimum atomic E-state index is -1.04. The Kier molecular flexibility index (Phi) is 9.26. The van der Waals surface area contributed by atoms with Crippen molar-refractivity contribution in [2.45, 2.75) is 25.6 Å². The summed E-state index contributed by atoms with van der Waals surface area (Å²) in [6.07, 6.45) is 0.415. The SMILES string of the molecule is Nc1ccc(CC(CN(CC(=O)O)Cc2ccccc2O)N(CC(=O)O)Cc2ccccc2O)cc1. The van der Waals surface area contributed by atoms with Gasteiger partial charge in [-0.15, -0.1) is 0 Å². The average molecular weight is 494 g/mol. The number of phenolic OH excluding ortho intramolecular Hbond substituents is 2. The Balaban J connectivity index is 1.95. The predicted molar refractivity (Wildman–Crippen MR) is 136 cm³/mol. The van der Waals surface area contributed by atoms with Crippen LogP contribution in [0.1, 0.15) is 16.7 Å². The number of hydrogen-bond acceptors (Lipinski definition) is 7. The van der Waals surface area contributed by atoms with Crippen molar-refractivity contribution in [3.8, 4) is 11.5 Å². The normalized spacial score (nSPS) is 12.1. The standard InChI is InChI=1S/C27H31N3O6/c28-22-11-9-19(10-12-22)13-23(30(18-27(35)36)15-21-6-2-4-8-25(21)32)16-29(17-26(33)34)14-20-5-1-3-7-24(20)31/h1-12,23,31-32H,13-18,28H2,(H,33,34)(H,35,36). The summed E-state index contributed by atoms with van der Waals surface area (Å²) in [5, 5.41) is 39.8. The molecule has 9 heteroatoms. The summed E-state index contributed by atoms with van der Waals surface area (Å²) in [6.45, 7) is -0.105. The Hall–Kier alpha value is -4.08. The molecule has 1 unspecified atom stereocenters. The highest BCUT2D eigenvalue weighted by Gasteiger charge is 2.26. The van der Waals surface area contributed by atoms with Gasteiger partial charge in [0.2, 0.25) is 0 Å². The number of anilines is 1. The van der Waals surface area contributed by atoms with E-state index in [-0.39, 0.29) is 44.2 Å². The van der Waals surface area contributed by atoms with Gasteiger partial charge in [-0.25, -0.2) is 0 Å². The van der Waals surface area contributed by atoms with E-state index >= 15 is 0 Å². The van der Waals surface area contributed by atoms with Gasteiger partial charge in [-0.05, 0) is 36.2 Å². The van der Waals surface area contributed by atoms with Crippen molar-refractivity contribution in [2.75, 3.05) is 25.4 Å². The molecular formula is C27H31N3O6. The zero-order valence-corrected chi connectivity index (χ0v) is 19.8. The molecule has 1 atom stereocenters. The molecule has 6 N–H and O–H groups in total. The van der Waals surface area contributed by atoms with Crippen LogP contribution in [0.15, 0.2) is 72.8 Å². The van der Waals surface area contributed by atoms with Gasteiger partial charge in [0, 0.05) is 42.5 Å². The molecule has 0 saturated heterocycles. The first-order valence-electron chi connectivity index (χ1n) is 11.5. The van der Waals surface area contributed by atoms with Crippen LogP contribution < -0.4 is 5.73 Å². The molecule has 0 spiro atoms. The van der Waals surface area contributed by atoms with E-state index < -0.39 is 18.0 Å². The Morgan fingerprint density at radius 3 is 1.81 bits per heavy atom. The molecule has 3 aromatic rings. The lowest BCUT2D eigenvalue weighted by atomic mass is 10.0. The number of carbonyl (C=O) groups is 2. The maximum atomic E-state index is 11.8. The Bertz CT molecular complexity index is 1170. The largest absolute Gasteiger partial charge is 0.508 e. The van der Waals surface area contributed by atoms with Gasteiger partial charge in [-0.2, -0.15) is 0 Å². The molecule has 190 valence electrons. The first-order chi connectivity index (χ1) is 17.2. The number of nitrogen functional groups attached to an aromatic ring is 1. The van der Waals surface area contributed by atoms with Crippen molar-refractivity contribution in [1.29, 1.82) is 0 Å². The number of phenols is 2. The summed E-state index contributed by atoms with van der Waals surface area (Å²) in [6, 6.07) is 20.2. The molecule has 3 rings (SSSR count). The molecule has 0 aliphatic heterocycles. The zero-order chi connectivity index (χ0) is 26.1. The molecule has 0 radical (unpaired) electrons. The second kappa shape index (κ2) is 12.6. The molecule has 0 saturated carbocycles. The van der Waals surface area contributed by atoms with E-state index in [0.717, 1.165) is 5.56 Å². The van der Waals surface area contributed by atoms with Crippen LogP contribution in [0.25, 0.3) is 0 Å². The number of aliphatic carboxylic acids is 2. The fourth-order valence-corrected chi connectivity index (χ4v) is 4.15. The lowest BCUT2D eigenvalue weighted by Crippen LogP contribution is -2.47. The quantitative estimate of drug-likeness (QED) is 0.227. The highest BCUT2D eigenvalue weighted by molar-refractivity contribution is 5.69. The molecule has 0 heterocycles. The number of rotatable bonds is 13. The summed E-state index contributed by atoms with van der Waals surface area (Å²) < 4.78 is 0. The smallest absolute Gasteiger partial charge is 0.317 e. The van der Waals surface area contributed by atoms with Crippen LogP contribution in [0.5, 0.6) is 11.5 Å². The summed E-state index contributed by atoms with van der Waals surface area (Å²) >= 11 is 0. The maximum absolute atomic E-state index is 11.8. The van der Waals surface area contributed by atoms with Gasteiger partial charge >= 0.3 is 11.9 Å². The Morgan fingerprint density at radius 1 is 0.750 bits per heavy atom. The van der Waals surface area contributed by atoms with Gasteiger partial charge in [-0.1, -0.05) is 48.5 Å². The van der Waals surface area contributed by atoms with E-state index in [1.807, 2.05) is 12.1 Å². The monoisotopic (exact) mass is 493 g/mol. The first-order valence-corrected chi connectivity index (χ1v) is 11.5. The van der Waals surface area contributed by atoms with E-state index in [1.54, 1.807) is 58.3 Å². The molecule has 0 fully saturated rings. The van der Waals surface area contributed by atoms with E-state index in [9.17, 15) is 30.0 Å². The molecule has 0 aromatic heterocycles. The summed E-state index contributed by atoms with van der Waals surface area (Å²) in [5.41, 5.74) is 8.45. The van der Waals surface area contributed by atoms with Gasteiger partial charge in [0.1, 0.15) is 11.5 Å². The van der Waals surface area contributed by atoms with Crippen molar-refractivity contribution in [3.63, 3.8) is 0 Å². The van der Waals surface area contributed by atoms with Gasteiger partial charge in [0.15, 0.2) is 0 Å². The fraction of sp³-hybridized carbons (Fsp3) is 0.259. The lowest BCUT2D eigenvalue weighted by molar-refractivity contribution is -0.141. The zero-order valence-electron chi connectivity index (χ0n) is 19.8. The second-order valence-corrected chi connectivity index (χ2v) is 8.72. The number of benzene rings is 3. The van der Waals surface area contributed by atoms with Crippen LogP contribution in [-0.4, -0.2) is 67.8 Å². The predicted octanol–water partition coefficient (Wildman–Crippen LogP) is 2.76. The van der Waals surface area contributed by atoms with Crippen LogP contribution in [0.2, 0.25) is 0 Å². The minimum Gasteiger partial charge on any atom is -0.508 e. The van der Waals surface area contributed by atoms with E-state index in [4.69, 9.17) is 5.73 Å². The van der Waals surface area contributed by atoms with Crippen LogP contribution in [0.3, 0.4) is 0 Å². The Labute approximate surface area is 209 Å². The number of nitrogens with zero attached hydrogens (tertiary/aromatic N) is 2. The molecule has 0 aliphatic rings. The Morgan fingerprint density at radius 2 is 1.28 bits per heavy atom. The van der Waals surface area contributed by atoms with Crippen LogP contribution in [0.4, 0.5) is 5.69 Å². The van der Waals surface area contributed by atoms with E-state index in [0.29, 0.717) is 23.2 Å². The summed E-state index contributed by atoms with van der Waals surface area (Å²) in [4.78, 5) is 26.9. The highest BCUT2D eigenvalue weighted by atomic mass is 16.4. The summed E-state index contributed by atoms with van der Waals surface area (Å²) in [7, 11) is 0. The second-order valence-electron chi connectivity index (χ2n) is 8.72. The molecular weight excluding hydrogens is 462 g/mol. The summed E-state index contributed by atoms with van der Waals surface area (Å²) in [5.74, 6) is -1.98. The number of aromatic hydroxyl groups is 2. The van der Waals surface area contributed by atoms with Crippen molar-refractivity contribution in [2.24, 2.45) is 0 Å². The molecule has 36 heavy (non-hydrogen) atoms. The van der Waals surface area contributed by atoms with Crippen molar-refractivity contribution in [3.05, 3.63) is 89.5 Å². The van der Waals surface area contributed by atoms with Gasteiger partial charge in [0.05, 0.1) is 13.1 Å². The fourth-order valence-electron chi connectivity index (χ4n) is 4.15. The van der Waals surface area contributed by atoms with Crippen molar-refractivity contribution >= 4 is 17.6 Å². The number of carboxylic acids is 2. The van der Waals surface area contributed by atoms with Gasteiger partial charge in [0.25, 0.3) is 0 Å². The van der Waals surface area contributed by atoms with Crippen LogP contribution in [0, 0.1) is 0 Å². The minimum absolute atomic E-state index is 0.0516.